The highest BCUT2D eigenvalue weighted by Crippen LogP contribution is 2.26. The monoisotopic (exact) mass is 969 g/mol. The second kappa shape index (κ2) is 45.1. The summed E-state index contributed by atoms with van der Waals surface area (Å²) >= 11 is 0. The van der Waals surface area contributed by atoms with Crippen LogP contribution in [0.4, 0.5) is 0 Å². The molecule has 0 amide bonds. The summed E-state index contributed by atoms with van der Waals surface area (Å²) in [6.07, 6.45) is 44.3. The van der Waals surface area contributed by atoms with Crippen molar-refractivity contribution in [3.05, 3.63) is 85.1 Å². The van der Waals surface area contributed by atoms with E-state index in [1.54, 1.807) is 0 Å². The summed E-state index contributed by atoms with van der Waals surface area (Å²) in [7, 11) is 0. The number of allylic oxidation sites excluding steroid dienone is 14. The second-order valence-electron chi connectivity index (χ2n) is 17.8. The fraction of sp³-hybridized carbons (Fsp3) is 0.684. The number of unbranched alkanes of at least 4 members (excludes halogenated alkanes) is 15. The lowest BCUT2D eigenvalue weighted by atomic mass is 9.98. The number of carboxylic acid groups (broad SMARTS) is 1. The fourth-order valence-electron chi connectivity index (χ4n) is 7.34. The molecule has 0 aromatic carbocycles. The van der Waals surface area contributed by atoms with Crippen molar-refractivity contribution >= 4 is 23.9 Å². The van der Waals surface area contributed by atoms with E-state index in [1.165, 1.54) is 0 Å². The Labute approximate surface area is 416 Å². The molecule has 0 aromatic rings. The van der Waals surface area contributed by atoms with E-state index in [2.05, 4.69) is 106 Å². The number of carbonyl (C=O) groups is 4. The number of carbonyl (C=O) groups excluding carboxylic acids is 3. The molecule has 392 valence electrons. The molecule has 6 atom stereocenters. The molecule has 69 heavy (non-hydrogen) atoms. The Hall–Kier alpha value is -4.10. The van der Waals surface area contributed by atoms with Crippen molar-refractivity contribution in [2.45, 2.75) is 237 Å². The van der Waals surface area contributed by atoms with Gasteiger partial charge < -0.3 is 39.0 Å². The third-order valence-electron chi connectivity index (χ3n) is 11.4. The number of esters is 3. The summed E-state index contributed by atoms with van der Waals surface area (Å²) in [4.78, 5) is 50.9. The Bertz CT molecular complexity index is 1530. The van der Waals surface area contributed by atoms with Gasteiger partial charge in [0.25, 0.3) is 0 Å². The van der Waals surface area contributed by atoms with E-state index < -0.39 is 67.3 Å². The standard InChI is InChI=1S/C57H92O12/c1-4-7-10-13-16-19-22-25-28-31-34-37-40-43-49(58)65-46-48(67-50(59)44-41-38-35-32-29-26-23-20-17-14-11-8-5-2)47-66-57-55(53(62)52(61)54(69-57)56(63)64)68-51(60)45-42-39-36-33-30-27-24-21-18-15-12-9-6-3/h7,10-12,14-16,19-21,23-25,28,48,52-55,57,61-62H,4-6,8-9,13,17-18,22,26-27,29-47H2,1-3H3,(H,63,64)/b10-7-,14-11-,15-12-,19-16-,23-20-,24-21-,28-25-. The summed E-state index contributed by atoms with van der Waals surface area (Å²) in [6.45, 7) is 5.67. The van der Waals surface area contributed by atoms with Gasteiger partial charge in [-0.1, -0.05) is 164 Å². The minimum Gasteiger partial charge on any atom is -0.479 e. The van der Waals surface area contributed by atoms with E-state index in [1.807, 2.05) is 0 Å². The topological polar surface area (TPSA) is 175 Å². The molecule has 1 heterocycles. The van der Waals surface area contributed by atoms with Crippen LogP contribution in [0, 0.1) is 0 Å². The first-order valence-electron chi connectivity index (χ1n) is 26.6. The number of hydrogen-bond acceptors (Lipinski definition) is 11. The molecular formula is C57H92O12. The van der Waals surface area contributed by atoms with E-state index in [4.69, 9.17) is 23.7 Å². The molecule has 0 radical (unpaired) electrons. The molecule has 0 aromatic heterocycles. The molecule has 1 aliphatic rings. The van der Waals surface area contributed by atoms with Crippen molar-refractivity contribution in [3.63, 3.8) is 0 Å². The highest BCUT2D eigenvalue weighted by atomic mass is 16.7. The van der Waals surface area contributed by atoms with Crippen LogP contribution in [0.3, 0.4) is 0 Å². The molecular weight excluding hydrogens is 877 g/mol. The zero-order valence-corrected chi connectivity index (χ0v) is 42.8. The number of ether oxygens (including phenoxy) is 5. The molecule has 1 rings (SSSR count). The lowest BCUT2D eigenvalue weighted by molar-refractivity contribution is -0.301. The predicted molar refractivity (Wildman–Crippen MR) is 275 cm³/mol. The molecule has 1 aliphatic heterocycles. The number of carboxylic acids is 1. The largest absolute Gasteiger partial charge is 0.479 e. The first-order chi connectivity index (χ1) is 33.6. The Morgan fingerprint density at radius 1 is 0.493 bits per heavy atom. The van der Waals surface area contributed by atoms with Crippen molar-refractivity contribution in [2.75, 3.05) is 13.2 Å². The molecule has 12 nitrogen and oxygen atoms in total. The maximum absolute atomic E-state index is 13.1. The van der Waals surface area contributed by atoms with Crippen LogP contribution < -0.4 is 0 Å². The van der Waals surface area contributed by atoms with Gasteiger partial charge in [-0.05, 0) is 103 Å². The van der Waals surface area contributed by atoms with Gasteiger partial charge in [-0.25, -0.2) is 4.79 Å². The smallest absolute Gasteiger partial charge is 0.335 e. The first kappa shape index (κ1) is 62.9. The van der Waals surface area contributed by atoms with Crippen molar-refractivity contribution < 1.29 is 58.2 Å². The summed E-state index contributed by atoms with van der Waals surface area (Å²) in [5.74, 6) is -3.21. The molecule has 0 aliphatic carbocycles. The summed E-state index contributed by atoms with van der Waals surface area (Å²) in [5.41, 5.74) is 0. The van der Waals surface area contributed by atoms with Gasteiger partial charge in [-0.15, -0.1) is 0 Å². The molecule has 1 saturated heterocycles. The fourth-order valence-corrected chi connectivity index (χ4v) is 7.34. The number of rotatable bonds is 43. The average molecular weight is 969 g/mol. The molecule has 0 spiro atoms. The third-order valence-corrected chi connectivity index (χ3v) is 11.4. The first-order valence-corrected chi connectivity index (χ1v) is 26.6. The number of hydrogen-bond donors (Lipinski definition) is 3. The van der Waals surface area contributed by atoms with Gasteiger partial charge >= 0.3 is 23.9 Å². The second-order valence-corrected chi connectivity index (χ2v) is 17.8. The van der Waals surface area contributed by atoms with E-state index in [-0.39, 0.29) is 25.9 Å². The number of aliphatic carboxylic acids is 1. The van der Waals surface area contributed by atoms with Crippen LogP contribution in [0.25, 0.3) is 0 Å². The van der Waals surface area contributed by atoms with Gasteiger partial charge in [0.15, 0.2) is 24.6 Å². The zero-order valence-electron chi connectivity index (χ0n) is 42.8. The van der Waals surface area contributed by atoms with E-state index in [0.717, 1.165) is 141 Å². The molecule has 6 unspecified atom stereocenters. The number of aliphatic hydroxyl groups is 2. The van der Waals surface area contributed by atoms with Gasteiger partial charge in [0.05, 0.1) is 6.61 Å². The minimum absolute atomic E-state index is 0.0361. The Morgan fingerprint density at radius 2 is 0.913 bits per heavy atom. The summed E-state index contributed by atoms with van der Waals surface area (Å²) < 4.78 is 28.2. The van der Waals surface area contributed by atoms with Crippen LogP contribution in [-0.4, -0.2) is 89.2 Å². The number of aliphatic hydroxyl groups excluding tert-OH is 2. The third kappa shape index (κ3) is 35.6. The van der Waals surface area contributed by atoms with Gasteiger partial charge in [0, 0.05) is 19.3 Å². The van der Waals surface area contributed by atoms with Gasteiger partial charge in [0.1, 0.15) is 18.8 Å². The van der Waals surface area contributed by atoms with Crippen LogP contribution in [0.5, 0.6) is 0 Å². The van der Waals surface area contributed by atoms with Crippen molar-refractivity contribution in [3.8, 4) is 0 Å². The molecule has 3 N–H and O–H groups in total. The average Bonchev–Trinajstić information content (AvgIpc) is 3.33. The van der Waals surface area contributed by atoms with Crippen molar-refractivity contribution in [1.29, 1.82) is 0 Å². The summed E-state index contributed by atoms with van der Waals surface area (Å²) in [5, 5.41) is 31.3. The molecule has 0 saturated carbocycles. The Kier molecular flexibility index (Phi) is 41.1. The lowest BCUT2D eigenvalue weighted by Crippen LogP contribution is -2.61. The highest BCUT2D eigenvalue weighted by Gasteiger charge is 2.50. The molecule has 12 heteroatoms. The summed E-state index contributed by atoms with van der Waals surface area (Å²) in [6, 6.07) is 0. The van der Waals surface area contributed by atoms with Crippen LogP contribution in [0.1, 0.15) is 201 Å². The van der Waals surface area contributed by atoms with Crippen LogP contribution in [-0.2, 0) is 42.9 Å². The van der Waals surface area contributed by atoms with Crippen LogP contribution >= 0.6 is 0 Å². The van der Waals surface area contributed by atoms with Crippen molar-refractivity contribution in [1.82, 2.24) is 0 Å². The van der Waals surface area contributed by atoms with Gasteiger partial charge in [-0.3, -0.25) is 14.4 Å². The molecule has 1 fully saturated rings. The predicted octanol–water partition coefficient (Wildman–Crippen LogP) is 12.8. The Balaban J connectivity index is 2.77. The Morgan fingerprint density at radius 3 is 1.41 bits per heavy atom. The zero-order chi connectivity index (χ0) is 50.4. The van der Waals surface area contributed by atoms with E-state index in [0.29, 0.717) is 19.3 Å². The lowest BCUT2D eigenvalue weighted by Gasteiger charge is -2.40. The quantitative estimate of drug-likeness (QED) is 0.0229. The SMILES string of the molecule is CC/C=C\C/C=C\C/C=C\CCCCCC(=O)OCC(COC1OC(C(=O)O)C(O)C(O)C1OC(=O)CCCCCCC/C=C\C/C=C\CCC)OC(=O)CCCCCCC/C=C\C/C=C\CCC. The van der Waals surface area contributed by atoms with E-state index in [9.17, 15) is 34.5 Å². The van der Waals surface area contributed by atoms with Gasteiger partial charge in [-0.2, -0.15) is 0 Å². The maximum atomic E-state index is 13.1. The van der Waals surface area contributed by atoms with Gasteiger partial charge in [0.2, 0.25) is 0 Å². The van der Waals surface area contributed by atoms with Crippen LogP contribution in [0.15, 0.2) is 85.1 Å². The van der Waals surface area contributed by atoms with Crippen molar-refractivity contribution in [2.24, 2.45) is 0 Å². The molecule has 0 bridgehead atoms. The highest BCUT2D eigenvalue weighted by molar-refractivity contribution is 5.74. The maximum Gasteiger partial charge on any atom is 0.335 e. The van der Waals surface area contributed by atoms with E-state index >= 15 is 0 Å². The minimum atomic E-state index is -1.92. The normalized spacial score (nSPS) is 19.3. The van der Waals surface area contributed by atoms with Crippen LogP contribution in [0.2, 0.25) is 0 Å².